The number of carboxylic acid groups (broad SMARTS) is 1. The molecule has 1 saturated heterocycles. The van der Waals surface area contributed by atoms with Crippen molar-refractivity contribution in [1.82, 2.24) is 5.32 Å². The number of rotatable bonds is 7. The summed E-state index contributed by atoms with van der Waals surface area (Å²) in [6.07, 6.45) is -12.6. The van der Waals surface area contributed by atoms with E-state index in [9.17, 15) is 48.1 Å². The van der Waals surface area contributed by atoms with Gasteiger partial charge in [-0.05, 0) is 6.08 Å². The third-order valence-corrected chi connectivity index (χ3v) is 4.59. The second-order valence-corrected chi connectivity index (χ2v) is 7.34. The van der Waals surface area contributed by atoms with Gasteiger partial charge in [0.25, 0.3) is 0 Å². The quantitative estimate of drug-likeness (QED) is 0.177. The predicted molar refractivity (Wildman–Crippen MR) is 85.0 cm³/mol. The maximum absolute atomic E-state index is 11.5. The van der Waals surface area contributed by atoms with Crippen molar-refractivity contribution in [2.75, 3.05) is 6.61 Å². The molecule has 0 aromatic carbocycles. The SMILES string of the molecule is CC(=O)N[C@H]1C(O)O[C@H](CO)[C@H](OS(=O)(=O)[O-])[C@@H]1O[C@@H]1OC(C(=O)[O-])=C[C@H](O)[C@H]1O. The van der Waals surface area contributed by atoms with Gasteiger partial charge in [0.2, 0.25) is 22.6 Å². The van der Waals surface area contributed by atoms with Gasteiger partial charge < -0.3 is 54.4 Å². The summed E-state index contributed by atoms with van der Waals surface area (Å²) in [4.78, 5) is 22.5. The van der Waals surface area contributed by atoms with E-state index in [0.717, 1.165) is 6.92 Å². The Hall–Kier alpha value is -1.89. The van der Waals surface area contributed by atoms with Crippen LogP contribution in [0.25, 0.3) is 0 Å². The Morgan fingerprint density at radius 3 is 2.40 bits per heavy atom. The van der Waals surface area contributed by atoms with Gasteiger partial charge in [0, 0.05) is 6.92 Å². The first-order chi connectivity index (χ1) is 13.8. The molecule has 0 saturated carbocycles. The monoisotopic (exact) mass is 457 g/mol. The van der Waals surface area contributed by atoms with E-state index in [2.05, 4.69) is 9.50 Å². The molecule has 1 unspecified atom stereocenters. The second-order valence-electron chi connectivity index (χ2n) is 6.33. The van der Waals surface area contributed by atoms with E-state index in [-0.39, 0.29) is 0 Å². The minimum atomic E-state index is -5.44. The maximum Gasteiger partial charge on any atom is 0.229 e. The fraction of sp³-hybridized carbons (Fsp3) is 0.714. The van der Waals surface area contributed by atoms with E-state index >= 15 is 0 Å². The van der Waals surface area contributed by atoms with Crippen LogP contribution in [0.2, 0.25) is 0 Å². The average molecular weight is 457 g/mol. The first-order valence-corrected chi connectivity index (χ1v) is 9.64. The van der Waals surface area contributed by atoms with Gasteiger partial charge in [-0.25, -0.2) is 8.42 Å². The normalized spacial score (nSPS) is 37.1. The summed E-state index contributed by atoms with van der Waals surface area (Å²) in [7, 11) is -5.44. The zero-order valence-electron chi connectivity index (χ0n) is 15.2. The Kier molecular flexibility index (Phi) is 7.72. The van der Waals surface area contributed by atoms with Crippen LogP contribution in [0.3, 0.4) is 0 Å². The number of carbonyl (C=O) groups excluding carboxylic acids is 2. The highest BCUT2D eigenvalue weighted by atomic mass is 32.3. The summed E-state index contributed by atoms with van der Waals surface area (Å²) in [5, 5.41) is 52.5. The Balaban J connectivity index is 2.41. The van der Waals surface area contributed by atoms with Crippen molar-refractivity contribution in [3.63, 3.8) is 0 Å². The number of aliphatic hydroxyl groups excluding tert-OH is 4. The van der Waals surface area contributed by atoms with E-state index in [0.29, 0.717) is 6.08 Å². The van der Waals surface area contributed by atoms with Gasteiger partial charge in [-0.15, -0.1) is 0 Å². The van der Waals surface area contributed by atoms with Crippen molar-refractivity contribution in [2.24, 2.45) is 0 Å². The third kappa shape index (κ3) is 5.84. The molecule has 16 heteroatoms. The highest BCUT2D eigenvalue weighted by Gasteiger charge is 2.50. The molecule has 2 aliphatic rings. The zero-order chi connectivity index (χ0) is 22.8. The number of hydrogen-bond donors (Lipinski definition) is 5. The van der Waals surface area contributed by atoms with Gasteiger partial charge in [0.1, 0.15) is 48.3 Å². The maximum atomic E-state index is 11.5. The predicted octanol–water partition coefficient (Wildman–Crippen LogP) is -5.86. The molecule has 8 atom stereocenters. The van der Waals surface area contributed by atoms with Crippen LogP contribution in [0.5, 0.6) is 0 Å². The largest absolute Gasteiger partial charge is 0.726 e. The van der Waals surface area contributed by atoms with Gasteiger partial charge in [-0.2, -0.15) is 0 Å². The molecule has 0 bridgehead atoms. The van der Waals surface area contributed by atoms with Crippen LogP contribution >= 0.6 is 0 Å². The average Bonchev–Trinajstić information content (AvgIpc) is 2.61. The summed E-state index contributed by atoms with van der Waals surface area (Å²) in [6, 6.07) is -1.64. The fourth-order valence-corrected chi connectivity index (χ4v) is 3.40. The fourth-order valence-electron chi connectivity index (χ4n) is 2.90. The molecule has 0 aromatic rings. The lowest BCUT2D eigenvalue weighted by Crippen LogP contribution is -2.67. The molecular formula is C14H19NO14S-2. The molecule has 0 radical (unpaired) electrons. The molecule has 0 spiro atoms. The van der Waals surface area contributed by atoms with Gasteiger partial charge in [-0.1, -0.05) is 0 Å². The van der Waals surface area contributed by atoms with Crippen molar-refractivity contribution >= 4 is 22.3 Å². The summed E-state index contributed by atoms with van der Waals surface area (Å²) >= 11 is 0. The van der Waals surface area contributed by atoms with Crippen LogP contribution < -0.4 is 10.4 Å². The van der Waals surface area contributed by atoms with Crippen LogP contribution in [0, 0.1) is 0 Å². The lowest BCUT2D eigenvalue weighted by atomic mass is 9.96. The molecule has 2 rings (SSSR count). The third-order valence-electron chi connectivity index (χ3n) is 4.13. The standard InChI is InChI=1S/C14H21NO14S/c1-4(17)15-8-11(10(29-30(23,24)25)7(3-16)26-13(8)22)28-14-9(19)5(18)2-6(27-14)12(20)21/h2,5,7-11,13-14,16,18-19,22H,3H2,1H3,(H,15,17)(H,20,21)(H,23,24,25)/p-2/t5-,7+,8+,9+,10-,11+,13?,14-/m0/s1. The lowest BCUT2D eigenvalue weighted by Gasteiger charge is -2.46. The Bertz CT molecular complexity index is 784. The topological polar surface area (TPSA) is 244 Å². The summed E-state index contributed by atoms with van der Waals surface area (Å²) < 4.78 is 52.8. The first-order valence-electron chi connectivity index (χ1n) is 8.31. The van der Waals surface area contributed by atoms with E-state index in [4.69, 9.17) is 14.2 Å². The van der Waals surface area contributed by atoms with Crippen molar-refractivity contribution in [3.05, 3.63) is 11.8 Å². The number of nitrogens with one attached hydrogen (secondary N) is 1. The van der Waals surface area contributed by atoms with E-state index in [1.54, 1.807) is 0 Å². The zero-order valence-corrected chi connectivity index (χ0v) is 16.0. The molecule has 1 fully saturated rings. The molecule has 172 valence electrons. The number of carbonyl (C=O) groups is 2. The van der Waals surface area contributed by atoms with Crippen molar-refractivity contribution in [1.29, 1.82) is 0 Å². The van der Waals surface area contributed by atoms with Crippen molar-refractivity contribution < 1.29 is 66.5 Å². The summed E-state index contributed by atoms with van der Waals surface area (Å²) in [5.41, 5.74) is 0. The van der Waals surface area contributed by atoms with E-state index in [1.165, 1.54) is 0 Å². The highest BCUT2D eigenvalue weighted by Crippen LogP contribution is 2.30. The minimum absolute atomic E-state index is 0.608. The molecule has 0 aromatic heterocycles. The molecule has 1 amide bonds. The molecule has 0 aliphatic carbocycles. The van der Waals surface area contributed by atoms with Crippen molar-refractivity contribution in [2.45, 2.75) is 56.1 Å². The summed E-state index contributed by atoms with van der Waals surface area (Å²) in [6.45, 7) is 0.0273. The molecule has 2 heterocycles. The summed E-state index contributed by atoms with van der Waals surface area (Å²) in [5.74, 6) is -3.60. The second kappa shape index (κ2) is 9.50. The van der Waals surface area contributed by atoms with Crippen LogP contribution in [-0.4, -0.2) is 101 Å². The van der Waals surface area contributed by atoms with Crippen molar-refractivity contribution in [3.8, 4) is 0 Å². The molecule has 5 N–H and O–H groups in total. The van der Waals surface area contributed by atoms with Gasteiger partial charge >= 0.3 is 0 Å². The van der Waals surface area contributed by atoms with Gasteiger partial charge in [0.15, 0.2) is 6.29 Å². The van der Waals surface area contributed by atoms with E-state index < -0.39 is 83.8 Å². The Morgan fingerprint density at radius 1 is 1.27 bits per heavy atom. The molecule has 2 aliphatic heterocycles. The smallest absolute Gasteiger partial charge is 0.229 e. The number of aliphatic hydroxyl groups is 4. The number of aliphatic carboxylic acids is 1. The van der Waals surface area contributed by atoms with Gasteiger partial charge in [0.05, 0.1) is 6.61 Å². The number of ether oxygens (including phenoxy) is 3. The van der Waals surface area contributed by atoms with Gasteiger partial charge in [-0.3, -0.25) is 8.98 Å². The number of carboxylic acids is 1. The first kappa shape index (κ1) is 24.4. The number of hydrogen-bond acceptors (Lipinski definition) is 14. The van der Waals surface area contributed by atoms with Crippen LogP contribution in [0.4, 0.5) is 0 Å². The highest BCUT2D eigenvalue weighted by molar-refractivity contribution is 7.80. The minimum Gasteiger partial charge on any atom is -0.726 e. The molecule has 15 nitrogen and oxygen atoms in total. The molecular weight excluding hydrogens is 438 g/mol. The Morgan fingerprint density at radius 2 is 1.90 bits per heavy atom. The molecule has 30 heavy (non-hydrogen) atoms. The van der Waals surface area contributed by atoms with Crippen LogP contribution in [-0.2, 0) is 38.4 Å². The lowest BCUT2D eigenvalue weighted by molar-refractivity contribution is -0.319. The van der Waals surface area contributed by atoms with E-state index in [1.807, 2.05) is 0 Å². The van der Waals surface area contributed by atoms with Crippen LogP contribution in [0.15, 0.2) is 11.8 Å². The number of amides is 1. The Labute approximate surface area is 169 Å². The van der Waals surface area contributed by atoms with Crippen LogP contribution in [0.1, 0.15) is 6.92 Å².